The summed E-state index contributed by atoms with van der Waals surface area (Å²) in [4.78, 5) is 2.44. The van der Waals surface area contributed by atoms with E-state index in [0.717, 1.165) is 45.6 Å². The maximum absolute atomic E-state index is 10.6. The van der Waals surface area contributed by atoms with Gasteiger partial charge in [0.2, 0.25) is 0 Å². The Morgan fingerprint density at radius 1 is 1.31 bits per heavy atom. The molecule has 1 aliphatic carbocycles. The van der Waals surface area contributed by atoms with Crippen LogP contribution in [0.1, 0.15) is 45.4 Å². The normalized spacial score (nSPS) is 31.5. The molecule has 1 N–H and O–H groups in total. The Labute approximate surface area is 98.8 Å². The Hall–Kier alpha value is -0.120. The highest BCUT2D eigenvalue weighted by molar-refractivity contribution is 4.88. The average Bonchev–Trinajstić information content (AvgIpc) is 2.30. The Morgan fingerprint density at radius 2 is 2.06 bits per heavy atom. The van der Waals surface area contributed by atoms with Crippen LogP contribution < -0.4 is 0 Å². The first-order valence-electron chi connectivity index (χ1n) is 6.78. The molecule has 0 radical (unpaired) electrons. The first-order valence-corrected chi connectivity index (χ1v) is 6.78. The smallest absolute Gasteiger partial charge is 0.0774 e. The van der Waals surface area contributed by atoms with Crippen LogP contribution in [0.25, 0.3) is 0 Å². The van der Waals surface area contributed by atoms with Crippen molar-refractivity contribution in [3.63, 3.8) is 0 Å². The third kappa shape index (κ3) is 2.96. The van der Waals surface area contributed by atoms with E-state index in [1.54, 1.807) is 0 Å². The quantitative estimate of drug-likeness (QED) is 0.798. The van der Waals surface area contributed by atoms with Gasteiger partial charge in [0.25, 0.3) is 0 Å². The molecular weight excluding hydrogens is 202 g/mol. The van der Waals surface area contributed by atoms with Crippen molar-refractivity contribution in [2.45, 2.75) is 57.1 Å². The van der Waals surface area contributed by atoms with Crippen molar-refractivity contribution in [2.75, 3.05) is 26.3 Å². The molecule has 1 aliphatic heterocycles. The molecule has 3 heteroatoms. The van der Waals surface area contributed by atoms with E-state index in [0.29, 0.717) is 6.04 Å². The molecule has 2 rings (SSSR count). The Morgan fingerprint density at radius 3 is 2.75 bits per heavy atom. The molecule has 0 spiro atoms. The van der Waals surface area contributed by atoms with Crippen molar-refractivity contribution < 1.29 is 9.84 Å². The van der Waals surface area contributed by atoms with Gasteiger partial charge in [-0.1, -0.05) is 26.2 Å². The van der Waals surface area contributed by atoms with Gasteiger partial charge in [0, 0.05) is 19.1 Å². The summed E-state index contributed by atoms with van der Waals surface area (Å²) in [6, 6.07) is 0.514. The van der Waals surface area contributed by atoms with E-state index in [1.165, 1.54) is 19.3 Å². The van der Waals surface area contributed by atoms with Crippen molar-refractivity contribution in [2.24, 2.45) is 0 Å². The predicted octanol–water partition coefficient (Wildman–Crippen LogP) is 1.79. The van der Waals surface area contributed by atoms with Crippen molar-refractivity contribution in [1.29, 1.82) is 0 Å². The van der Waals surface area contributed by atoms with Crippen LogP contribution in [-0.2, 0) is 4.74 Å². The first-order chi connectivity index (χ1) is 7.73. The highest BCUT2D eigenvalue weighted by Gasteiger charge is 2.34. The van der Waals surface area contributed by atoms with Gasteiger partial charge in [-0.2, -0.15) is 0 Å². The standard InChI is InChI=1S/C13H25NO2/c1-2-12-10-16-9-8-14(12)11-13(15)6-4-3-5-7-13/h12,15H,2-11H2,1H3. The number of aliphatic hydroxyl groups is 1. The summed E-state index contributed by atoms with van der Waals surface area (Å²) in [5.74, 6) is 0. The lowest BCUT2D eigenvalue weighted by Crippen LogP contribution is -2.52. The maximum atomic E-state index is 10.6. The van der Waals surface area contributed by atoms with Crippen molar-refractivity contribution in [1.82, 2.24) is 4.90 Å². The summed E-state index contributed by atoms with van der Waals surface area (Å²) in [5, 5.41) is 10.6. The molecule has 1 atom stereocenters. The van der Waals surface area contributed by atoms with Crippen LogP contribution in [0.5, 0.6) is 0 Å². The average molecular weight is 227 g/mol. The van der Waals surface area contributed by atoms with E-state index in [9.17, 15) is 5.11 Å². The van der Waals surface area contributed by atoms with Crippen LogP contribution in [-0.4, -0.2) is 48.0 Å². The number of β-amino-alcohol motifs (C(OH)–C–C–N with tert-alkyl or cyclic N) is 1. The third-order valence-electron chi connectivity index (χ3n) is 4.10. The number of hydrogen-bond donors (Lipinski definition) is 1. The van der Waals surface area contributed by atoms with Gasteiger partial charge in [-0.15, -0.1) is 0 Å². The molecule has 0 aromatic rings. The molecule has 0 bridgehead atoms. The molecule has 2 aliphatic rings. The van der Waals surface area contributed by atoms with Crippen LogP contribution >= 0.6 is 0 Å². The molecule has 1 saturated carbocycles. The van der Waals surface area contributed by atoms with Crippen molar-refractivity contribution in [3.05, 3.63) is 0 Å². The molecule has 1 saturated heterocycles. The minimum Gasteiger partial charge on any atom is -0.389 e. The SMILES string of the molecule is CCC1COCCN1CC1(O)CCCCC1. The summed E-state index contributed by atoms with van der Waals surface area (Å²) >= 11 is 0. The van der Waals surface area contributed by atoms with Gasteiger partial charge in [-0.3, -0.25) is 4.90 Å². The fraction of sp³-hybridized carbons (Fsp3) is 1.00. The lowest BCUT2D eigenvalue weighted by Gasteiger charge is -2.42. The van der Waals surface area contributed by atoms with Gasteiger partial charge in [0.05, 0.1) is 18.8 Å². The highest BCUT2D eigenvalue weighted by Crippen LogP contribution is 2.29. The zero-order chi connectivity index (χ0) is 11.4. The Bertz CT molecular complexity index is 214. The molecular formula is C13H25NO2. The first kappa shape index (κ1) is 12.3. The predicted molar refractivity (Wildman–Crippen MR) is 64.5 cm³/mol. The molecule has 2 fully saturated rings. The number of nitrogens with zero attached hydrogens (tertiary/aromatic N) is 1. The van der Waals surface area contributed by atoms with E-state index in [4.69, 9.17) is 4.74 Å². The molecule has 1 unspecified atom stereocenters. The lowest BCUT2D eigenvalue weighted by atomic mass is 9.84. The molecule has 16 heavy (non-hydrogen) atoms. The lowest BCUT2D eigenvalue weighted by molar-refractivity contribution is -0.0740. The largest absolute Gasteiger partial charge is 0.389 e. The fourth-order valence-corrected chi connectivity index (χ4v) is 3.02. The topological polar surface area (TPSA) is 32.7 Å². The van der Waals surface area contributed by atoms with E-state index >= 15 is 0 Å². The monoisotopic (exact) mass is 227 g/mol. The van der Waals surface area contributed by atoms with Crippen LogP contribution in [0.15, 0.2) is 0 Å². The minimum atomic E-state index is -0.414. The number of rotatable bonds is 3. The second kappa shape index (κ2) is 5.48. The van der Waals surface area contributed by atoms with Crippen LogP contribution in [0, 0.1) is 0 Å². The summed E-state index contributed by atoms with van der Waals surface area (Å²) in [5.41, 5.74) is -0.414. The van der Waals surface area contributed by atoms with Crippen molar-refractivity contribution in [3.8, 4) is 0 Å². The Kier molecular flexibility index (Phi) is 4.22. The second-order valence-electron chi connectivity index (χ2n) is 5.39. The van der Waals surface area contributed by atoms with Gasteiger partial charge in [-0.25, -0.2) is 0 Å². The van der Waals surface area contributed by atoms with E-state index in [-0.39, 0.29) is 0 Å². The van der Waals surface area contributed by atoms with Gasteiger partial charge in [0.15, 0.2) is 0 Å². The molecule has 1 heterocycles. The third-order valence-corrected chi connectivity index (χ3v) is 4.10. The van der Waals surface area contributed by atoms with Crippen LogP contribution in [0.2, 0.25) is 0 Å². The zero-order valence-corrected chi connectivity index (χ0v) is 10.5. The number of morpholine rings is 1. The number of ether oxygens (including phenoxy) is 1. The van der Waals surface area contributed by atoms with Crippen LogP contribution in [0.4, 0.5) is 0 Å². The van der Waals surface area contributed by atoms with E-state index < -0.39 is 5.60 Å². The molecule has 0 amide bonds. The summed E-state index contributed by atoms with van der Waals surface area (Å²) in [6.07, 6.45) is 6.77. The van der Waals surface area contributed by atoms with Gasteiger partial charge >= 0.3 is 0 Å². The Balaban J connectivity index is 1.90. The summed E-state index contributed by atoms with van der Waals surface area (Å²) in [7, 11) is 0. The molecule has 0 aromatic carbocycles. The van der Waals surface area contributed by atoms with E-state index in [2.05, 4.69) is 11.8 Å². The molecule has 0 aromatic heterocycles. The number of hydrogen-bond acceptors (Lipinski definition) is 3. The minimum absolute atomic E-state index is 0.414. The van der Waals surface area contributed by atoms with Crippen molar-refractivity contribution >= 4 is 0 Å². The second-order valence-corrected chi connectivity index (χ2v) is 5.39. The van der Waals surface area contributed by atoms with Crippen LogP contribution in [0.3, 0.4) is 0 Å². The maximum Gasteiger partial charge on any atom is 0.0774 e. The van der Waals surface area contributed by atoms with Gasteiger partial charge in [-0.05, 0) is 19.3 Å². The van der Waals surface area contributed by atoms with Gasteiger partial charge in [0.1, 0.15) is 0 Å². The zero-order valence-electron chi connectivity index (χ0n) is 10.5. The molecule has 94 valence electrons. The molecule has 3 nitrogen and oxygen atoms in total. The summed E-state index contributed by atoms with van der Waals surface area (Å²) in [6.45, 7) is 5.71. The summed E-state index contributed by atoms with van der Waals surface area (Å²) < 4.78 is 5.50. The highest BCUT2D eigenvalue weighted by atomic mass is 16.5. The van der Waals surface area contributed by atoms with E-state index in [1.807, 2.05) is 0 Å². The van der Waals surface area contributed by atoms with Gasteiger partial charge < -0.3 is 9.84 Å². The fourth-order valence-electron chi connectivity index (χ4n) is 3.02.